The summed E-state index contributed by atoms with van der Waals surface area (Å²) in [7, 11) is 0. The molecule has 22 heavy (non-hydrogen) atoms. The minimum Gasteiger partial charge on any atom is -0.368 e. The van der Waals surface area contributed by atoms with Crippen LogP contribution in [0.5, 0.6) is 0 Å². The number of rotatable bonds is 5. The van der Waals surface area contributed by atoms with Gasteiger partial charge in [-0.2, -0.15) is 0 Å². The number of nitrogens with one attached hydrogen (secondary N) is 1. The summed E-state index contributed by atoms with van der Waals surface area (Å²) in [5, 5.41) is 2.52. The summed E-state index contributed by atoms with van der Waals surface area (Å²) in [6, 6.07) is 13.6. The van der Waals surface area contributed by atoms with E-state index in [1.165, 1.54) is 24.3 Å². The highest BCUT2D eigenvalue weighted by Gasteiger charge is 2.18. The van der Waals surface area contributed by atoms with Crippen LogP contribution < -0.4 is 11.1 Å². The third-order valence-corrected chi connectivity index (χ3v) is 2.98. The van der Waals surface area contributed by atoms with E-state index in [9.17, 15) is 14.0 Å². The maximum absolute atomic E-state index is 13.0. The molecule has 1 atom stereocenters. The lowest BCUT2D eigenvalue weighted by atomic mass is 10.1. The molecule has 4 nitrogen and oxygen atoms in total. The number of hydrogen-bond donors (Lipinski definition) is 2. The van der Waals surface area contributed by atoms with Gasteiger partial charge in [0.2, 0.25) is 11.8 Å². The first-order valence-corrected chi connectivity index (χ1v) is 6.64. The number of nitrogens with two attached hydrogens (primary N) is 1. The molecule has 0 aliphatic carbocycles. The van der Waals surface area contributed by atoms with Crippen LogP contribution in [0.4, 0.5) is 4.39 Å². The number of hydrogen-bond acceptors (Lipinski definition) is 2. The Balaban J connectivity index is 2.07. The summed E-state index contributed by atoms with van der Waals surface area (Å²) in [5.41, 5.74) is 6.46. The predicted octanol–water partition coefficient (Wildman–Crippen LogP) is 2.18. The van der Waals surface area contributed by atoms with Gasteiger partial charge in [0.15, 0.2) is 0 Å². The normalized spacial score (nSPS) is 12.0. The molecule has 5 heteroatoms. The molecule has 112 valence electrons. The molecule has 2 aromatic rings. The molecule has 2 amide bonds. The second-order valence-electron chi connectivity index (χ2n) is 4.64. The lowest BCUT2D eigenvalue weighted by Gasteiger charge is -2.14. The molecule has 0 saturated carbocycles. The van der Waals surface area contributed by atoms with E-state index in [4.69, 9.17) is 5.73 Å². The van der Waals surface area contributed by atoms with E-state index in [1.807, 2.05) is 0 Å². The van der Waals surface area contributed by atoms with Crippen LogP contribution in [0, 0.1) is 5.82 Å². The zero-order valence-electron chi connectivity index (χ0n) is 11.7. The fourth-order valence-electron chi connectivity index (χ4n) is 1.94. The number of carbonyl (C=O) groups is 2. The maximum Gasteiger partial charge on any atom is 0.244 e. The van der Waals surface area contributed by atoms with Crippen molar-refractivity contribution >= 4 is 17.9 Å². The molecule has 0 spiro atoms. The maximum atomic E-state index is 13.0. The van der Waals surface area contributed by atoms with E-state index < -0.39 is 17.9 Å². The largest absolute Gasteiger partial charge is 0.368 e. The Morgan fingerprint density at radius 1 is 1.09 bits per heavy atom. The first-order chi connectivity index (χ1) is 10.6. The highest BCUT2D eigenvalue weighted by molar-refractivity contribution is 5.95. The molecular weight excluding hydrogens is 283 g/mol. The molecule has 0 radical (unpaired) electrons. The Kier molecular flexibility index (Phi) is 5.03. The van der Waals surface area contributed by atoms with Crippen LogP contribution in [0.25, 0.3) is 6.08 Å². The number of benzene rings is 2. The van der Waals surface area contributed by atoms with Crippen molar-refractivity contribution < 1.29 is 14.0 Å². The Bertz CT molecular complexity index is 699. The predicted molar refractivity (Wildman–Crippen MR) is 82.0 cm³/mol. The first-order valence-electron chi connectivity index (χ1n) is 6.64. The van der Waals surface area contributed by atoms with Crippen molar-refractivity contribution in [3.63, 3.8) is 0 Å². The van der Waals surface area contributed by atoms with Crippen molar-refractivity contribution in [3.05, 3.63) is 77.6 Å². The van der Waals surface area contributed by atoms with Crippen molar-refractivity contribution in [1.29, 1.82) is 0 Å². The van der Waals surface area contributed by atoms with Gasteiger partial charge in [-0.25, -0.2) is 4.39 Å². The van der Waals surface area contributed by atoms with Gasteiger partial charge < -0.3 is 11.1 Å². The molecule has 2 rings (SSSR count). The van der Waals surface area contributed by atoms with Crippen LogP contribution in [0.15, 0.2) is 60.7 Å². The molecule has 0 saturated heterocycles. The Hall–Kier alpha value is -2.95. The highest BCUT2D eigenvalue weighted by atomic mass is 19.1. The Morgan fingerprint density at radius 2 is 1.82 bits per heavy atom. The van der Waals surface area contributed by atoms with Crippen molar-refractivity contribution in [3.8, 4) is 0 Å². The van der Waals surface area contributed by atoms with Crippen LogP contribution in [0.3, 0.4) is 0 Å². The van der Waals surface area contributed by atoms with E-state index in [0.717, 1.165) is 0 Å². The van der Waals surface area contributed by atoms with Crippen LogP contribution in [0.2, 0.25) is 0 Å². The average molecular weight is 298 g/mol. The van der Waals surface area contributed by atoms with Crippen LogP contribution in [0.1, 0.15) is 17.2 Å². The molecule has 0 heterocycles. The molecule has 0 bridgehead atoms. The van der Waals surface area contributed by atoms with Gasteiger partial charge in [-0.05, 0) is 29.3 Å². The second-order valence-corrected chi connectivity index (χ2v) is 4.64. The van der Waals surface area contributed by atoms with Gasteiger partial charge in [-0.1, -0.05) is 42.5 Å². The zero-order valence-corrected chi connectivity index (χ0v) is 11.7. The molecule has 0 aromatic heterocycles. The topological polar surface area (TPSA) is 72.2 Å². The van der Waals surface area contributed by atoms with Crippen LogP contribution in [-0.4, -0.2) is 11.8 Å². The van der Waals surface area contributed by atoms with Crippen LogP contribution >= 0.6 is 0 Å². The van der Waals surface area contributed by atoms with E-state index in [-0.39, 0.29) is 5.82 Å². The minimum absolute atomic E-state index is 0.387. The summed E-state index contributed by atoms with van der Waals surface area (Å²) in [6.45, 7) is 0. The van der Waals surface area contributed by atoms with Gasteiger partial charge in [0.1, 0.15) is 11.9 Å². The van der Waals surface area contributed by atoms with Crippen molar-refractivity contribution in [2.24, 2.45) is 5.73 Å². The van der Waals surface area contributed by atoms with Gasteiger partial charge in [-0.3, -0.25) is 9.59 Å². The van der Waals surface area contributed by atoms with Crippen molar-refractivity contribution in [2.45, 2.75) is 6.04 Å². The third kappa shape index (κ3) is 4.28. The third-order valence-electron chi connectivity index (χ3n) is 2.98. The molecule has 2 aromatic carbocycles. The second kappa shape index (κ2) is 7.17. The number of carbonyl (C=O) groups excluding carboxylic acids is 2. The summed E-state index contributed by atoms with van der Waals surface area (Å²) in [6.07, 6.45) is 2.69. The molecule has 0 aliphatic heterocycles. The summed E-state index contributed by atoms with van der Waals surface area (Å²) < 4.78 is 13.0. The lowest BCUT2D eigenvalue weighted by molar-refractivity contribution is -0.125. The average Bonchev–Trinajstić information content (AvgIpc) is 2.51. The van der Waals surface area contributed by atoms with Gasteiger partial charge in [0, 0.05) is 6.08 Å². The fraction of sp³-hybridized carbons (Fsp3) is 0.0588. The Labute approximate surface area is 127 Å². The van der Waals surface area contributed by atoms with E-state index in [2.05, 4.69) is 5.32 Å². The van der Waals surface area contributed by atoms with Crippen molar-refractivity contribution in [1.82, 2.24) is 5.32 Å². The standard InChI is InChI=1S/C17H15FN2O2/c18-14-8-4-5-12(11-14)9-10-15(21)20-16(17(19)22)13-6-2-1-3-7-13/h1-11,16H,(H2,19,22)(H,20,21)/b10-9+. The fourth-order valence-corrected chi connectivity index (χ4v) is 1.94. The van der Waals surface area contributed by atoms with Gasteiger partial charge >= 0.3 is 0 Å². The molecule has 1 unspecified atom stereocenters. The van der Waals surface area contributed by atoms with E-state index in [1.54, 1.807) is 42.5 Å². The quantitative estimate of drug-likeness (QED) is 0.830. The SMILES string of the molecule is NC(=O)C(NC(=O)/C=C/c1cccc(F)c1)c1ccccc1. The van der Waals surface area contributed by atoms with E-state index in [0.29, 0.717) is 11.1 Å². The van der Waals surface area contributed by atoms with Gasteiger partial charge in [-0.15, -0.1) is 0 Å². The molecular formula is C17H15FN2O2. The summed E-state index contributed by atoms with van der Waals surface area (Å²) in [4.78, 5) is 23.4. The summed E-state index contributed by atoms with van der Waals surface area (Å²) >= 11 is 0. The molecule has 3 N–H and O–H groups in total. The molecule has 0 fully saturated rings. The monoisotopic (exact) mass is 298 g/mol. The number of amides is 2. The Morgan fingerprint density at radius 3 is 2.45 bits per heavy atom. The van der Waals surface area contributed by atoms with Gasteiger partial charge in [0.05, 0.1) is 0 Å². The van der Waals surface area contributed by atoms with Crippen LogP contribution in [-0.2, 0) is 9.59 Å². The smallest absolute Gasteiger partial charge is 0.244 e. The zero-order chi connectivity index (χ0) is 15.9. The minimum atomic E-state index is -0.911. The van der Waals surface area contributed by atoms with Gasteiger partial charge in [0.25, 0.3) is 0 Å². The van der Waals surface area contributed by atoms with Crippen molar-refractivity contribution in [2.75, 3.05) is 0 Å². The highest BCUT2D eigenvalue weighted by Crippen LogP contribution is 2.12. The number of primary amides is 1. The molecule has 0 aliphatic rings. The summed E-state index contributed by atoms with van der Waals surface area (Å²) in [5.74, 6) is -1.53. The lowest BCUT2D eigenvalue weighted by Crippen LogP contribution is -2.36. The van der Waals surface area contributed by atoms with E-state index >= 15 is 0 Å². The number of halogens is 1. The first kappa shape index (κ1) is 15.4.